The highest BCUT2D eigenvalue weighted by molar-refractivity contribution is 5.82. The largest absolute Gasteiger partial charge is 0.293 e. The summed E-state index contributed by atoms with van der Waals surface area (Å²) in [5.74, 6) is 5.99. The summed E-state index contributed by atoms with van der Waals surface area (Å²) in [5.41, 5.74) is 3.33. The van der Waals surface area contributed by atoms with Crippen LogP contribution in [-0.2, 0) is 4.79 Å². The van der Waals surface area contributed by atoms with Gasteiger partial charge in [0.1, 0.15) is 6.04 Å². The van der Waals surface area contributed by atoms with Crippen molar-refractivity contribution in [3.63, 3.8) is 0 Å². The zero-order valence-electron chi connectivity index (χ0n) is 11.5. The lowest BCUT2D eigenvalue weighted by Crippen LogP contribution is -2.44. The number of amides is 1. The molecule has 2 rings (SSSR count). The molecule has 0 aliphatic heterocycles. The number of benzene rings is 1. The van der Waals surface area contributed by atoms with Gasteiger partial charge in [-0.3, -0.25) is 15.1 Å². The summed E-state index contributed by atoms with van der Waals surface area (Å²) in [7, 11) is 0. The normalized spacial score (nSPS) is 16.4. The Labute approximate surface area is 114 Å². The first kappa shape index (κ1) is 14.0. The molecular weight excluding hydrogens is 238 g/mol. The molecule has 0 radical (unpaired) electrons. The van der Waals surface area contributed by atoms with E-state index in [9.17, 15) is 4.79 Å². The van der Waals surface area contributed by atoms with Crippen molar-refractivity contribution in [3.05, 3.63) is 35.9 Å². The topological polar surface area (TPSA) is 58.4 Å². The first-order chi connectivity index (χ1) is 9.26. The molecule has 1 unspecified atom stereocenters. The zero-order valence-corrected chi connectivity index (χ0v) is 11.5. The zero-order chi connectivity index (χ0) is 13.7. The first-order valence-electron chi connectivity index (χ1n) is 7.05. The molecule has 0 heterocycles. The summed E-state index contributed by atoms with van der Waals surface area (Å²) < 4.78 is 0. The van der Waals surface area contributed by atoms with Gasteiger partial charge in [-0.1, -0.05) is 37.3 Å². The van der Waals surface area contributed by atoms with Crippen molar-refractivity contribution in [2.45, 2.75) is 32.2 Å². The van der Waals surface area contributed by atoms with Crippen LogP contribution in [0.3, 0.4) is 0 Å². The molecule has 1 aliphatic carbocycles. The highest BCUT2D eigenvalue weighted by atomic mass is 16.2. The molecular formula is C15H23N3O. The molecule has 1 fully saturated rings. The number of carbonyl (C=O) groups is 1. The molecule has 4 nitrogen and oxygen atoms in total. The summed E-state index contributed by atoms with van der Waals surface area (Å²) in [6.45, 7) is 4.05. The fourth-order valence-corrected chi connectivity index (χ4v) is 2.49. The SMILES string of the molecule is CCCN(CC1CC1)C(C(=O)NN)c1ccccc1. The number of hydrogen-bond acceptors (Lipinski definition) is 3. The highest BCUT2D eigenvalue weighted by Crippen LogP contribution is 2.33. The van der Waals surface area contributed by atoms with Crippen LogP contribution >= 0.6 is 0 Å². The summed E-state index contributed by atoms with van der Waals surface area (Å²) in [6, 6.07) is 9.62. The predicted octanol–water partition coefficient (Wildman–Crippen LogP) is 1.84. The lowest BCUT2D eigenvalue weighted by atomic mass is 10.0. The minimum absolute atomic E-state index is 0.125. The Bertz CT molecular complexity index is 403. The van der Waals surface area contributed by atoms with E-state index in [1.54, 1.807) is 0 Å². The average molecular weight is 261 g/mol. The Morgan fingerprint density at radius 1 is 1.42 bits per heavy atom. The van der Waals surface area contributed by atoms with Gasteiger partial charge in [0.2, 0.25) is 0 Å². The second kappa shape index (κ2) is 6.68. The van der Waals surface area contributed by atoms with Crippen LogP contribution in [0, 0.1) is 5.92 Å². The summed E-state index contributed by atoms with van der Waals surface area (Å²) in [6.07, 6.45) is 3.60. The van der Waals surface area contributed by atoms with Gasteiger partial charge >= 0.3 is 0 Å². The van der Waals surface area contributed by atoms with Gasteiger partial charge in [-0.2, -0.15) is 0 Å². The molecule has 1 aromatic rings. The molecule has 0 bridgehead atoms. The third-order valence-electron chi connectivity index (χ3n) is 3.57. The van der Waals surface area contributed by atoms with E-state index in [2.05, 4.69) is 17.2 Å². The van der Waals surface area contributed by atoms with E-state index in [1.807, 2.05) is 30.3 Å². The minimum Gasteiger partial charge on any atom is -0.293 e. The molecule has 104 valence electrons. The molecule has 19 heavy (non-hydrogen) atoms. The molecule has 1 aromatic carbocycles. The Kier molecular flexibility index (Phi) is 4.93. The maximum absolute atomic E-state index is 12.2. The molecule has 0 saturated heterocycles. The molecule has 1 amide bonds. The Hall–Kier alpha value is -1.39. The van der Waals surface area contributed by atoms with Crippen molar-refractivity contribution in [1.82, 2.24) is 10.3 Å². The second-order valence-electron chi connectivity index (χ2n) is 5.26. The maximum atomic E-state index is 12.2. The number of hydrogen-bond donors (Lipinski definition) is 2. The van der Waals surface area contributed by atoms with Crippen LogP contribution in [0.5, 0.6) is 0 Å². The van der Waals surface area contributed by atoms with Crippen molar-refractivity contribution >= 4 is 5.91 Å². The third kappa shape index (κ3) is 3.78. The Balaban J connectivity index is 2.20. The van der Waals surface area contributed by atoms with E-state index in [0.29, 0.717) is 0 Å². The Morgan fingerprint density at radius 3 is 2.63 bits per heavy atom. The van der Waals surface area contributed by atoms with Gasteiger partial charge in [-0.25, -0.2) is 5.84 Å². The van der Waals surface area contributed by atoms with E-state index in [1.165, 1.54) is 12.8 Å². The fraction of sp³-hybridized carbons (Fsp3) is 0.533. The lowest BCUT2D eigenvalue weighted by Gasteiger charge is -2.30. The number of nitrogens with two attached hydrogens (primary N) is 1. The monoisotopic (exact) mass is 261 g/mol. The fourth-order valence-electron chi connectivity index (χ4n) is 2.49. The van der Waals surface area contributed by atoms with Crippen molar-refractivity contribution < 1.29 is 4.79 Å². The van der Waals surface area contributed by atoms with Crippen molar-refractivity contribution in [2.24, 2.45) is 11.8 Å². The predicted molar refractivity (Wildman–Crippen MR) is 76.1 cm³/mol. The summed E-state index contributed by atoms with van der Waals surface area (Å²) in [4.78, 5) is 14.4. The van der Waals surface area contributed by atoms with Gasteiger partial charge in [0, 0.05) is 6.54 Å². The molecule has 1 atom stereocenters. The second-order valence-corrected chi connectivity index (χ2v) is 5.26. The molecule has 4 heteroatoms. The van der Waals surface area contributed by atoms with Crippen molar-refractivity contribution in [3.8, 4) is 0 Å². The quantitative estimate of drug-likeness (QED) is 0.447. The number of hydrazine groups is 1. The van der Waals surface area contributed by atoms with Gasteiger partial charge in [-0.05, 0) is 37.3 Å². The van der Waals surface area contributed by atoms with Crippen LogP contribution in [0.2, 0.25) is 0 Å². The van der Waals surface area contributed by atoms with Crippen molar-refractivity contribution in [1.29, 1.82) is 0 Å². The van der Waals surface area contributed by atoms with Crippen LogP contribution in [-0.4, -0.2) is 23.9 Å². The van der Waals surface area contributed by atoms with Gasteiger partial charge in [0.15, 0.2) is 0 Å². The number of nitrogens with zero attached hydrogens (tertiary/aromatic N) is 1. The van der Waals surface area contributed by atoms with Gasteiger partial charge < -0.3 is 0 Å². The highest BCUT2D eigenvalue weighted by Gasteiger charge is 2.31. The van der Waals surface area contributed by atoms with Crippen LogP contribution in [0.4, 0.5) is 0 Å². The number of carbonyl (C=O) groups excluding carboxylic acids is 1. The molecule has 0 spiro atoms. The number of rotatable bonds is 7. The Morgan fingerprint density at radius 2 is 2.11 bits per heavy atom. The van der Waals surface area contributed by atoms with Crippen LogP contribution in [0.1, 0.15) is 37.8 Å². The number of nitrogens with one attached hydrogen (secondary N) is 1. The van der Waals surface area contributed by atoms with E-state index in [4.69, 9.17) is 5.84 Å². The van der Waals surface area contributed by atoms with Gasteiger partial charge in [-0.15, -0.1) is 0 Å². The van der Waals surface area contributed by atoms with E-state index in [-0.39, 0.29) is 11.9 Å². The average Bonchev–Trinajstić information content (AvgIpc) is 3.24. The van der Waals surface area contributed by atoms with E-state index >= 15 is 0 Å². The molecule has 1 aliphatic rings. The van der Waals surface area contributed by atoms with Gasteiger partial charge in [0.05, 0.1) is 0 Å². The van der Waals surface area contributed by atoms with E-state index < -0.39 is 0 Å². The first-order valence-corrected chi connectivity index (χ1v) is 7.05. The molecule has 0 aromatic heterocycles. The summed E-state index contributed by atoms with van der Waals surface area (Å²) in [5, 5.41) is 0. The van der Waals surface area contributed by atoms with E-state index in [0.717, 1.165) is 31.0 Å². The minimum atomic E-state index is -0.272. The maximum Gasteiger partial charge on any atom is 0.255 e. The van der Waals surface area contributed by atoms with Gasteiger partial charge in [0.25, 0.3) is 5.91 Å². The molecule has 3 N–H and O–H groups in total. The van der Waals surface area contributed by atoms with Crippen molar-refractivity contribution in [2.75, 3.05) is 13.1 Å². The lowest BCUT2D eigenvalue weighted by molar-refractivity contribution is -0.127. The smallest absolute Gasteiger partial charge is 0.255 e. The van der Waals surface area contributed by atoms with Crippen LogP contribution < -0.4 is 11.3 Å². The van der Waals surface area contributed by atoms with Crippen LogP contribution in [0.25, 0.3) is 0 Å². The summed E-state index contributed by atoms with van der Waals surface area (Å²) >= 11 is 0. The van der Waals surface area contributed by atoms with Crippen LogP contribution in [0.15, 0.2) is 30.3 Å². The standard InChI is InChI=1S/C15H23N3O/c1-2-10-18(11-12-8-9-12)14(15(19)17-16)13-6-4-3-5-7-13/h3-7,12,14H,2,8-11,16H2,1H3,(H,17,19). The molecule has 1 saturated carbocycles. The third-order valence-corrected chi connectivity index (χ3v) is 3.57.